The van der Waals surface area contributed by atoms with Crippen molar-refractivity contribution in [1.29, 1.82) is 0 Å². The Morgan fingerprint density at radius 2 is 2.03 bits per heavy atom. The fourth-order valence-electron chi connectivity index (χ4n) is 6.39. The molecule has 0 amide bonds. The second-order valence-electron chi connectivity index (χ2n) is 9.08. The second kappa shape index (κ2) is 6.47. The molecule has 2 bridgehead atoms. The third-order valence-corrected chi connectivity index (χ3v) is 7.77. The van der Waals surface area contributed by atoms with E-state index in [-0.39, 0.29) is 11.5 Å². The number of piperidine rings is 1. The number of rotatable bonds is 3. The fraction of sp³-hybridized carbons (Fsp3) is 0.385. The summed E-state index contributed by atoms with van der Waals surface area (Å²) in [5.41, 5.74) is 4.85. The monoisotopic (exact) mass is 401 g/mol. The van der Waals surface area contributed by atoms with Gasteiger partial charge in [-0.2, -0.15) is 0 Å². The van der Waals surface area contributed by atoms with Crippen LogP contribution in [-0.2, 0) is 11.8 Å². The molecule has 2 aromatic rings. The van der Waals surface area contributed by atoms with Gasteiger partial charge in [0.05, 0.1) is 7.11 Å². The van der Waals surface area contributed by atoms with Crippen molar-refractivity contribution in [3.8, 4) is 11.5 Å². The van der Waals surface area contributed by atoms with E-state index < -0.39 is 6.10 Å². The van der Waals surface area contributed by atoms with Crippen LogP contribution < -0.4 is 9.47 Å². The van der Waals surface area contributed by atoms with E-state index in [1.165, 1.54) is 22.3 Å². The van der Waals surface area contributed by atoms with Crippen molar-refractivity contribution >= 4 is 12.2 Å². The predicted molar refractivity (Wildman–Crippen MR) is 118 cm³/mol. The van der Waals surface area contributed by atoms with Crippen LogP contribution in [0.5, 0.6) is 11.5 Å². The molecule has 2 aliphatic heterocycles. The maximum absolute atomic E-state index is 10.9. The topological polar surface area (TPSA) is 41.9 Å². The highest BCUT2D eigenvalue weighted by molar-refractivity contribution is 5.76. The van der Waals surface area contributed by atoms with Crippen molar-refractivity contribution in [2.45, 2.75) is 36.5 Å². The number of aliphatic hydroxyl groups is 1. The quantitative estimate of drug-likeness (QED) is 0.630. The van der Waals surface area contributed by atoms with Gasteiger partial charge in [0.1, 0.15) is 12.2 Å². The zero-order valence-electron chi connectivity index (χ0n) is 17.4. The molecule has 1 saturated heterocycles. The molecule has 5 atom stereocenters. The van der Waals surface area contributed by atoms with Gasteiger partial charge in [-0.3, -0.25) is 0 Å². The van der Waals surface area contributed by atoms with Crippen LogP contribution in [0.2, 0.25) is 0 Å². The van der Waals surface area contributed by atoms with Gasteiger partial charge in [0.2, 0.25) is 0 Å². The van der Waals surface area contributed by atoms with Crippen molar-refractivity contribution in [1.82, 2.24) is 4.90 Å². The Bertz CT molecular complexity index is 1060. The van der Waals surface area contributed by atoms with E-state index in [0.717, 1.165) is 30.9 Å². The van der Waals surface area contributed by atoms with Gasteiger partial charge in [-0.1, -0.05) is 54.6 Å². The first kappa shape index (κ1) is 18.2. The minimum atomic E-state index is -0.586. The van der Waals surface area contributed by atoms with Crippen LogP contribution in [0.25, 0.3) is 12.2 Å². The van der Waals surface area contributed by atoms with Crippen LogP contribution >= 0.6 is 0 Å². The molecular formula is C26H27NO3. The van der Waals surface area contributed by atoms with Crippen LogP contribution in [0.15, 0.2) is 48.6 Å². The van der Waals surface area contributed by atoms with Gasteiger partial charge in [-0.25, -0.2) is 0 Å². The van der Waals surface area contributed by atoms with Gasteiger partial charge >= 0.3 is 0 Å². The molecule has 1 spiro atoms. The van der Waals surface area contributed by atoms with Gasteiger partial charge in [0.15, 0.2) is 11.5 Å². The number of nitrogens with zero attached hydrogens (tertiary/aromatic N) is 1. The third-order valence-electron chi connectivity index (χ3n) is 7.77. The van der Waals surface area contributed by atoms with Gasteiger partial charge in [-0.05, 0) is 49.2 Å². The molecule has 0 saturated carbocycles. The molecule has 6 rings (SSSR count). The first-order valence-electron chi connectivity index (χ1n) is 10.8. The zero-order chi connectivity index (χ0) is 20.5. The maximum atomic E-state index is 10.9. The number of likely N-dealkylation sites (tertiary alicyclic amines) is 1. The van der Waals surface area contributed by atoms with Crippen molar-refractivity contribution < 1.29 is 14.6 Å². The number of benzene rings is 2. The Morgan fingerprint density at radius 3 is 2.83 bits per heavy atom. The molecule has 4 heteroatoms. The summed E-state index contributed by atoms with van der Waals surface area (Å²) in [5, 5.41) is 10.9. The molecule has 2 heterocycles. The summed E-state index contributed by atoms with van der Waals surface area (Å²) in [4.78, 5) is 2.49. The average molecular weight is 402 g/mol. The highest BCUT2D eigenvalue weighted by Crippen LogP contribution is 2.63. The lowest BCUT2D eigenvalue weighted by Gasteiger charge is -2.56. The highest BCUT2D eigenvalue weighted by atomic mass is 16.5. The number of aliphatic hydroxyl groups excluding tert-OH is 1. The smallest absolute Gasteiger partial charge is 0.166 e. The average Bonchev–Trinajstić information content (AvgIpc) is 3.12. The molecule has 0 aromatic heterocycles. The Kier molecular flexibility index (Phi) is 3.93. The van der Waals surface area contributed by atoms with E-state index in [9.17, 15) is 5.11 Å². The summed E-state index contributed by atoms with van der Waals surface area (Å²) in [5.74, 6) is 1.98. The zero-order valence-corrected chi connectivity index (χ0v) is 17.4. The lowest BCUT2D eigenvalue weighted by atomic mass is 9.53. The molecule has 4 aliphatic rings. The van der Waals surface area contributed by atoms with Crippen LogP contribution in [0.3, 0.4) is 0 Å². The normalized spacial score (nSPS) is 33.4. The minimum Gasteiger partial charge on any atom is -0.493 e. The van der Waals surface area contributed by atoms with E-state index in [4.69, 9.17) is 9.47 Å². The Labute approximate surface area is 177 Å². The molecule has 2 aliphatic carbocycles. The molecule has 154 valence electrons. The summed E-state index contributed by atoms with van der Waals surface area (Å²) in [6, 6.07) is 12.9. The van der Waals surface area contributed by atoms with Gasteiger partial charge < -0.3 is 19.5 Å². The van der Waals surface area contributed by atoms with E-state index in [2.05, 4.69) is 60.5 Å². The predicted octanol–water partition coefficient (Wildman–Crippen LogP) is 3.67. The number of methoxy groups -OCH3 is 1. The molecule has 0 radical (unpaired) electrons. The Hall–Kier alpha value is -2.56. The van der Waals surface area contributed by atoms with Crippen LogP contribution in [0.1, 0.15) is 28.7 Å². The SMILES string of the molecule is COc1cc(/C=C/c2ccccc2)c2c3c1O[C@H]1[C@@H](O)C=C[C@H]4[C@@H](C2)N(C)CC[C@@]341. The highest BCUT2D eigenvalue weighted by Gasteiger charge is 2.64. The summed E-state index contributed by atoms with van der Waals surface area (Å²) in [6.45, 7) is 1.02. The third kappa shape index (κ3) is 2.29. The summed E-state index contributed by atoms with van der Waals surface area (Å²) >= 11 is 0. The van der Waals surface area contributed by atoms with Gasteiger partial charge in [0, 0.05) is 22.9 Å². The largest absolute Gasteiger partial charge is 0.493 e. The molecule has 30 heavy (non-hydrogen) atoms. The van der Waals surface area contributed by atoms with Crippen LogP contribution in [0.4, 0.5) is 0 Å². The maximum Gasteiger partial charge on any atom is 0.166 e. The Balaban J connectivity index is 1.58. The van der Waals surface area contributed by atoms with E-state index in [1.807, 2.05) is 12.1 Å². The van der Waals surface area contributed by atoms with Crippen molar-refractivity contribution in [3.63, 3.8) is 0 Å². The first-order chi connectivity index (χ1) is 14.6. The molecular weight excluding hydrogens is 374 g/mol. The Morgan fingerprint density at radius 1 is 1.20 bits per heavy atom. The number of hydrogen-bond acceptors (Lipinski definition) is 4. The summed E-state index contributed by atoms with van der Waals surface area (Å²) < 4.78 is 12.3. The van der Waals surface area contributed by atoms with Crippen LogP contribution in [-0.4, -0.2) is 49.0 Å². The van der Waals surface area contributed by atoms with E-state index in [0.29, 0.717) is 12.0 Å². The fourth-order valence-corrected chi connectivity index (χ4v) is 6.39. The number of ether oxygens (including phenoxy) is 2. The molecule has 2 aromatic carbocycles. The second-order valence-corrected chi connectivity index (χ2v) is 9.08. The first-order valence-corrected chi connectivity index (χ1v) is 10.8. The van der Waals surface area contributed by atoms with E-state index in [1.54, 1.807) is 7.11 Å². The molecule has 1 N–H and O–H groups in total. The van der Waals surface area contributed by atoms with Crippen molar-refractivity contribution in [2.75, 3.05) is 20.7 Å². The van der Waals surface area contributed by atoms with Crippen molar-refractivity contribution in [3.05, 3.63) is 70.8 Å². The lowest BCUT2D eigenvalue weighted by Crippen LogP contribution is -2.64. The molecule has 1 fully saturated rings. The number of hydrogen-bond donors (Lipinski definition) is 1. The summed E-state index contributed by atoms with van der Waals surface area (Å²) in [6.07, 6.45) is 9.73. The number of likely N-dealkylation sites (N-methyl/N-ethyl adjacent to an activating group) is 1. The van der Waals surface area contributed by atoms with Gasteiger partial charge in [-0.15, -0.1) is 0 Å². The van der Waals surface area contributed by atoms with Crippen molar-refractivity contribution in [2.24, 2.45) is 5.92 Å². The van der Waals surface area contributed by atoms with Gasteiger partial charge in [0.25, 0.3) is 0 Å². The molecule has 0 unspecified atom stereocenters. The standard InChI is InChI=1S/C26H27NO3/c1-27-13-12-26-19-10-11-21(28)25(26)30-24-22(29-2)14-17(18(23(24)26)15-20(19)27)9-8-16-6-4-3-5-7-16/h3-11,14,19-21,25,28H,12-13,15H2,1-2H3/b9-8+/t19-,20+,21-,25-,26-/m0/s1. The lowest BCUT2D eigenvalue weighted by molar-refractivity contribution is -0.0453. The van der Waals surface area contributed by atoms with Crippen LogP contribution in [0, 0.1) is 5.92 Å². The van der Waals surface area contributed by atoms with E-state index >= 15 is 0 Å². The summed E-state index contributed by atoms with van der Waals surface area (Å²) in [7, 11) is 3.94. The molecule has 4 nitrogen and oxygen atoms in total. The minimum absolute atomic E-state index is 0.169.